The molecule has 0 saturated carbocycles. The second-order valence-corrected chi connectivity index (χ2v) is 4.74. The molecule has 0 amide bonds. The predicted molar refractivity (Wildman–Crippen MR) is 66.9 cm³/mol. The van der Waals surface area contributed by atoms with Crippen LogP contribution in [0.2, 0.25) is 5.15 Å². The van der Waals surface area contributed by atoms with E-state index in [0.717, 1.165) is 16.9 Å². The molecule has 2 rings (SSSR count). The van der Waals surface area contributed by atoms with E-state index in [9.17, 15) is 0 Å². The Hall–Kier alpha value is -1.06. The van der Waals surface area contributed by atoms with Gasteiger partial charge in [-0.25, -0.2) is 4.98 Å². The topological polar surface area (TPSA) is 43.3 Å². The van der Waals surface area contributed by atoms with Crippen molar-refractivity contribution in [2.45, 2.75) is 32.7 Å². The molecule has 3 nitrogen and oxygen atoms in total. The Balaban J connectivity index is 2.79. The molecule has 0 saturated heterocycles. The molecule has 2 aromatic rings. The molecule has 0 spiro atoms. The van der Waals surface area contributed by atoms with Crippen LogP contribution >= 0.6 is 11.6 Å². The molecule has 2 N–H and O–H groups in total. The number of halogens is 1. The average molecular weight is 238 g/mol. The Morgan fingerprint density at radius 3 is 2.62 bits per heavy atom. The molecule has 0 aromatic carbocycles. The SMILES string of the molecule is CC(C)c1nc(Cl)c2c(C(C)N)cccn12. The number of hydrogen-bond acceptors (Lipinski definition) is 2. The molecule has 0 radical (unpaired) electrons. The second kappa shape index (κ2) is 4.07. The molecule has 0 aliphatic carbocycles. The predicted octanol–water partition coefficient (Wildman–Crippen LogP) is 3.13. The van der Waals surface area contributed by atoms with Crippen LogP contribution in [0.3, 0.4) is 0 Å². The summed E-state index contributed by atoms with van der Waals surface area (Å²) in [5.41, 5.74) is 7.90. The van der Waals surface area contributed by atoms with Crippen LogP contribution in [-0.4, -0.2) is 9.38 Å². The van der Waals surface area contributed by atoms with E-state index in [1.54, 1.807) is 0 Å². The summed E-state index contributed by atoms with van der Waals surface area (Å²) < 4.78 is 2.03. The summed E-state index contributed by atoms with van der Waals surface area (Å²) in [5.74, 6) is 1.31. The number of pyridine rings is 1. The summed E-state index contributed by atoms with van der Waals surface area (Å²) >= 11 is 6.18. The monoisotopic (exact) mass is 237 g/mol. The van der Waals surface area contributed by atoms with Crippen LogP contribution in [-0.2, 0) is 0 Å². The number of nitrogens with two attached hydrogens (primary N) is 1. The van der Waals surface area contributed by atoms with Gasteiger partial charge in [-0.2, -0.15) is 0 Å². The quantitative estimate of drug-likeness (QED) is 0.872. The van der Waals surface area contributed by atoms with E-state index in [0.29, 0.717) is 11.1 Å². The van der Waals surface area contributed by atoms with Crippen LogP contribution in [0, 0.1) is 0 Å². The molecule has 16 heavy (non-hydrogen) atoms. The first kappa shape index (κ1) is 11.4. The lowest BCUT2D eigenvalue weighted by atomic mass is 10.1. The van der Waals surface area contributed by atoms with E-state index in [1.807, 2.05) is 29.7 Å². The van der Waals surface area contributed by atoms with Gasteiger partial charge >= 0.3 is 0 Å². The first-order valence-electron chi connectivity index (χ1n) is 5.44. The molecule has 1 atom stereocenters. The molecule has 2 aromatic heterocycles. The number of aromatic nitrogens is 2. The molecule has 86 valence electrons. The van der Waals surface area contributed by atoms with Crippen molar-refractivity contribution in [2.75, 3.05) is 0 Å². The fraction of sp³-hybridized carbons (Fsp3) is 0.417. The van der Waals surface area contributed by atoms with Crippen molar-refractivity contribution >= 4 is 17.1 Å². The Labute approximate surface area is 100 Å². The maximum Gasteiger partial charge on any atom is 0.155 e. The lowest BCUT2D eigenvalue weighted by Crippen LogP contribution is -2.07. The number of hydrogen-bond donors (Lipinski definition) is 1. The number of rotatable bonds is 2. The number of imidazole rings is 1. The van der Waals surface area contributed by atoms with Crippen LogP contribution in [0.5, 0.6) is 0 Å². The van der Waals surface area contributed by atoms with E-state index in [1.165, 1.54) is 0 Å². The Morgan fingerprint density at radius 1 is 1.38 bits per heavy atom. The number of nitrogens with zero attached hydrogens (tertiary/aromatic N) is 2. The number of fused-ring (bicyclic) bond motifs is 1. The van der Waals surface area contributed by atoms with E-state index in [2.05, 4.69) is 18.8 Å². The van der Waals surface area contributed by atoms with Crippen LogP contribution < -0.4 is 5.73 Å². The summed E-state index contributed by atoms with van der Waals surface area (Å²) in [7, 11) is 0. The Morgan fingerprint density at radius 2 is 2.06 bits per heavy atom. The van der Waals surface area contributed by atoms with E-state index in [-0.39, 0.29) is 6.04 Å². The van der Waals surface area contributed by atoms with E-state index in [4.69, 9.17) is 17.3 Å². The largest absolute Gasteiger partial charge is 0.324 e. The standard InChI is InChI=1S/C12H16ClN3/c1-7(2)12-15-11(13)10-9(8(3)14)5-4-6-16(10)12/h4-8H,14H2,1-3H3. The lowest BCUT2D eigenvalue weighted by molar-refractivity contribution is 0.764. The van der Waals surface area contributed by atoms with E-state index < -0.39 is 0 Å². The molecule has 0 aliphatic rings. The van der Waals surface area contributed by atoms with Crippen molar-refractivity contribution in [1.82, 2.24) is 9.38 Å². The molecule has 4 heteroatoms. The highest BCUT2D eigenvalue weighted by molar-refractivity contribution is 6.33. The highest BCUT2D eigenvalue weighted by Gasteiger charge is 2.16. The normalized spacial score (nSPS) is 13.6. The maximum atomic E-state index is 6.18. The molecule has 0 bridgehead atoms. The molecule has 0 fully saturated rings. The molecule has 1 unspecified atom stereocenters. The van der Waals surface area contributed by atoms with Crippen LogP contribution in [0.4, 0.5) is 0 Å². The maximum absolute atomic E-state index is 6.18. The average Bonchev–Trinajstić information content (AvgIpc) is 2.56. The van der Waals surface area contributed by atoms with Gasteiger partial charge in [0.05, 0.1) is 5.52 Å². The van der Waals surface area contributed by atoms with Crippen LogP contribution in [0.25, 0.3) is 5.52 Å². The summed E-state index contributed by atoms with van der Waals surface area (Å²) in [4.78, 5) is 4.41. The van der Waals surface area contributed by atoms with Gasteiger partial charge in [-0.05, 0) is 18.6 Å². The highest BCUT2D eigenvalue weighted by atomic mass is 35.5. The highest BCUT2D eigenvalue weighted by Crippen LogP contribution is 2.28. The zero-order valence-corrected chi connectivity index (χ0v) is 10.5. The minimum Gasteiger partial charge on any atom is -0.324 e. The zero-order valence-electron chi connectivity index (χ0n) is 9.74. The molecule has 2 heterocycles. The van der Waals surface area contributed by atoms with Crippen molar-refractivity contribution in [3.63, 3.8) is 0 Å². The van der Waals surface area contributed by atoms with Gasteiger partial charge in [-0.15, -0.1) is 0 Å². The summed E-state index contributed by atoms with van der Waals surface area (Å²) in [5, 5.41) is 0.539. The molecular weight excluding hydrogens is 222 g/mol. The van der Waals surface area contributed by atoms with Gasteiger partial charge in [0.1, 0.15) is 5.82 Å². The van der Waals surface area contributed by atoms with Gasteiger partial charge in [0.15, 0.2) is 5.15 Å². The van der Waals surface area contributed by atoms with Crippen molar-refractivity contribution in [1.29, 1.82) is 0 Å². The third-order valence-corrected chi connectivity index (χ3v) is 2.95. The van der Waals surface area contributed by atoms with Gasteiger partial charge in [0.25, 0.3) is 0 Å². The van der Waals surface area contributed by atoms with Gasteiger partial charge in [0.2, 0.25) is 0 Å². The van der Waals surface area contributed by atoms with Crippen molar-refractivity contribution in [2.24, 2.45) is 5.73 Å². The van der Waals surface area contributed by atoms with E-state index >= 15 is 0 Å². The minimum atomic E-state index is -0.0436. The van der Waals surface area contributed by atoms with Crippen molar-refractivity contribution < 1.29 is 0 Å². The lowest BCUT2D eigenvalue weighted by Gasteiger charge is -2.09. The minimum absolute atomic E-state index is 0.0436. The van der Waals surface area contributed by atoms with Crippen molar-refractivity contribution in [3.8, 4) is 0 Å². The third kappa shape index (κ3) is 1.70. The fourth-order valence-electron chi connectivity index (χ4n) is 1.92. The first-order valence-corrected chi connectivity index (χ1v) is 5.82. The van der Waals surface area contributed by atoms with Crippen LogP contribution in [0.1, 0.15) is 44.1 Å². The smallest absolute Gasteiger partial charge is 0.155 e. The summed E-state index contributed by atoms with van der Waals surface area (Å²) in [6.45, 7) is 6.15. The van der Waals surface area contributed by atoms with Gasteiger partial charge in [-0.3, -0.25) is 0 Å². The molecule has 0 aliphatic heterocycles. The fourth-order valence-corrected chi connectivity index (χ4v) is 2.20. The second-order valence-electron chi connectivity index (χ2n) is 4.39. The summed E-state index contributed by atoms with van der Waals surface area (Å²) in [6.07, 6.45) is 1.98. The third-order valence-electron chi connectivity index (χ3n) is 2.69. The zero-order chi connectivity index (χ0) is 11.9. The Kier molecular flexibility index (Phi) is 2.91. The summed E-state index contributed by atoms with van der Waals surface area (Å²) in [6, 6.07) is 3.94. The first-order chi connectivity index (χ1) is 7.52. The molecular formula is C12H16ClN3. The van der Waals surface area contributed by atoms with Gasteiger partial charge in [-0.1, -0.05) is 31.5 Å². The van der Waals surface area contributed by atoms with Gasteiger partial charge in [0, 0.05) is 18.2 Å². The van der Waals surface area contributed by atoms with Gasteiger partial charge < -0.3 is 10.1 Å². The van der Waals surface area contributed by atoms with Crippen LogP contribution in [0.15, 0.2) is 18.3 Å². The Bertz CT molecular complexity index is 514. The van der Waals surface area contributed by atoms with Crippen molar-refractivity contribution in [3.05, 3.63) is 34.9 Å².